The number of hydrogen-bond donors (Lipinski definition) is 0. The second-order valence-electron chi connectivity index (χ2n) is 3.00. The van der Waals surface area contributed by atoms with E-state index < -0.39 is 0 Å². The third kappa shape index (κ3) is 1.87. The maximum atomic E-state index is 5.43. The molecule has 0 aromatic carbocycles. The number of nitrogens with zero attached hydrogens (tertiary/aromatic N) is 1. The number of rotatable bonds is 3. The van der Waals surface area contributed by atoms with Crippen molar-refractivity contribution in [3.63, 3.8) is 0 Å². The van der Waals surface area contributed by atoms with Gasteiger partial charge in [-0.05, 0) is 33.2 Å². The fourth-order valence-electron chi connectivity index (χ4n) is 1.17. The minimum Gasteiger partial charge on any atom is -0.462 e. The van der Waals surface area contributed by atoms with Gasteiger partial charge in [0, 0.05) is 7.11 Å². The van der Waals surface area contributed by atoms with E-state index >= 15 is 0 Å². The van der Waals surface area contributed by atoms with Crippen LogP contribution in [0.1, 0.15) is 17.7 Å². The van der Waals surface area contributed by atoms with E-state index in [1.165, 1.54) is 0 Å². The molecule has 1 aromatic heterocycles. The molecule has 1 aromatic rings. The Bertz CT molecular complexity index is 242. The second-order valence-corrected chi connectivity index (χ2v) is 3.00. The van der Waals surface area contributed by atoms with Crippen molar-refractivity contribution in [1.29, 1.82) is 0 Å². The van der Waals surface area contributed by atoms with Gasteiger partial charge < -0.3 is 9.15 Å². The molecule has 1 unspecified atom stereocenters. The Morgan fingerprint density at radius 2 is 2.08 bits per heavy atom. The SMILES string of the molecule is COC(c1ccc(C)o1)N(C)C. The van der Waals surface area contributed by atoms with Crippen LogP contribution in [-0.4, -0.2) is 26.1 Å². The van der Waals surface area contributed by atoms with Crippen molar-refractivity contribution in [1.82, 2.24) is 4.90 Å². The van der Waals surface area contributed by atoms with Gasteiger partial charge in [-0.25, -0.2) is 0 Å². The van der Waals surface area contributed by atoms with Crippen LogP contribution in [0.4, 0.5) is 0 Å². The lowest BCUT2D eigenvalue weighted by Crippen LogP contribution is -2.20. The largest absolute Gasteiger partial charge is 0.462 e. The summed E-state index contributed by atoms with van der Waals surface area (Å²) in [6.07, 6.45) is -0.0845. The van der Waals surface area contributed by atoms with Gasteiger partial charge in [-0.15, -0.1) is 0 Å². The van der Waals surface area contributed by atoms with Crippen LogP contribution in [-0.2, 0) is 4.74 Å². The Hall–Kier alpha value is -0.800. The molecule has 0 saturated carbocycles. The van der Waals surface area contributed by atoms with Crippen LogP contribution >= 0.6 is 0 Å². The highest BCUT2D eigenvalue weighted by molar-refractivity contribution is 5.07. The van der Waals surface area contributed by atoms with Crippen LogP contribution in [0.5, 0.6) is 0 Å². The Morgan fingerprint density at radius 3 is 2.42 bits per heavy atom. The summed E-state index contributed by atoms with van der Waals surface area (Å²) in [6, 6.07) is 3.87. The number of methoxy groups -OCH3 is 1. The van der Waals surface area contributed by atoms with Crippen molar-refractivity contribution >= 4 is 0 Å². The zero-order valence-corrected chi connectivity index (χ0v) is 8.00. The first kappa shape index (κ1) is 9.29. The molecule has 0 saturated heterocycles. The highest BCUT2D eigenvalue weighted by Gasteiger charge is 2.15. The maximum absolute atomic E-state index is 5.43. The molecular formula is C9H15NO2. The highest BCUT2D eigenvalue weighted by atomic mass is 16.5. The van der Waals surface area contributed by atoms with E-state index in [9.17, 15) is 0 Å². The van der Waals surface area contributed by atoms with Crippen LogP contribution < -0.4 is 0 Å². The van der Waals surface area contributed by atoms with Gasteiger partial charge in [0.1, 0.15) is 11.5 Å². The Morgan fingerprint density at radius 1 is 1.42 bits per heavy atom. The molecule has 12 heavy (non-hydrogen) atoms. The van der Waals surface area contributed by atoms with Gasteiger partial charge >= 0.3 is 0 Å². The molecule has 3 heteroatoms. The Balaban J connectivity index is 2.80. The van der Waals surface area contributed by atoms with Crippen molar-refractivity contribution in [2.24, 2.45) is 0 Å². The topological polar surface area (TPSA) is 25.6 Å². The van der Waals surface area contributed by atoms with Crippen LogP contribution in [0.2, 0.25) is 0 Å². The van der Waals surface area contributed by atoms with Gasteiger partial charge in [0.25, 0.3) is 0 Å². The molecule has 1 atom stereocenters. The van der Waals surface area contributed by atoms with Crippen LogP contribution in [0.25, 0.3) is 0 Å². The lowest BCUT2D eigenvalue weighted by atomic mass is 10.4. The minimum absolute atomic E-state index is 0.0845. The van der Waals surface area contributed by atoms with Gasteiger partial charge in [-0.2, -0.15) is 0 Å². The van der Waals surface area contributed by atoms with Crippen LogP contribution in [0.15, 0.2) is 16.5 Å². The summed E-state index contributed by atoms with van der Waals surface area (Å²) in [5.74, 6) is 1.76. The van der Waals surface area contributed by atoms with E-state index in [0.717, 1.165) is 11.5 Å². The average Bonchev–Trinajstić information content (AvgIpc) is 2.37. The number of hydrogen-bond acceptors (Lipinski definition) is 3. The van der Waals surface area contributed by atoms with Gasteiger partial charge in [-0.3, -0.25) is 4.90 Å². The van der Waals surface area contributed by atoms with Gasteiger partial charge in [0.05, 0.1) is 0 Å². The van der Waals surface area contributed by atoms with E-state index in [1.807, 2.05) is 38.1 Å². The fraction of sp³-hybridized carbons (Fsp3) is 0.556. The first-order valence-electron chi connectivity index (χ1n) is 3.90. The molecule has 0 aliphatic carbocycles. The molecule has 1 heterocycles. The quantitative estimate of drug-likeness (QED) is 0.645. The molecule has 1 rings (SSSR count). The summed E-state index contributed by atoms with van der Waals surface area (Å²) >= 11 is 0. The van der Waals surface area contributed by atoms with Crippen molar-refractivity contribution in [2.75, 3.05) is 21.2 Å². The zero-order valence-electron chi connectivity index (χ0n) is 8.00. The van der Waals surface area contributed by atoms with Crippen molar-refractivity contribution in [2.45, 2.75) is 13.2 Å². The summed E-state index contributed by atoms with van der Waals surface area (Å²) in [7, 11) is 5.57. The van der Waals surface area contributed by atoms with Crippen molar-refractivity contribution in [3.8, 4) is 0 Å². The standard InChI is InChI=1S/C9H15NO2/c1-7-5-6-8(12-7)9(11-4)10(2)3/h5-6,9H,1-4H3. The molecule has 0 fully saturated rings. The molecule has 3 nitrogen and oxygen atoms in total. The predicted octanol–water partition coefficient (Wildman–Crippen LogP) is 1.79. The first-order valence-corrected chi connectivity index (χ1v) is 3.90. The molecule has 68 valence electrons. The summed E-state index contributed by atoms with van der Waals surface area (Å²) in [4.78, 5) is 1.96. The summed E-state index contributed by atoms with van der Waals surface area (Å²) < 4.78 is 10.7. The van der Waals surface area contributed by atoms with Gasteiger partial charge in [-0.1, -0.05) is 0 Å². The molecule has 0 radical (unpaired) electrons. The van der Waals surface area contributed by atoms with E-state index in [2.05, 4.69) is 0 Å². The Kier molecular flexibility index (Phi) is 2.89. The number of ether oxygens (including phenoxy) is 1. The van der Waals surface area contributed by atoms with Crippen LogP contribution in [0, 0.1) is 6.92 Å². The average molecular weight is 169 g/mol. The molecular weight excluding hydrogens is 154 g/mol. The van der Waals surface area contributed by atoms with Gasteiger partial charge in [0.15, 0.2) is 6.23 Å². The lowest BCUT2D eigenvalue weighted by molar-refractivity contribution is -0.0210. The molecule has 0 aliphatic heterocycles. The molecule has 0 amide bonds. The zero-order chi connectivity index (χ0) is 9.14. The lowest BCUT2D eigenvalue weighted by Gasteiger charge is -2.19. The van der Waals surface area contributed by atoms with E-state index in [4.69, 9.17) is 9.15 Å². The fourth-order valence-corrected chi connectivity index (χ4v) is 1.17. The summed E-state index contributed by atoms with van der Waals surface area (Å²) in [5.41, 5.74) is 0. The van der Waals surface area contributed by atoms with Gasteiger partial charge in [0.2, 0.25) is 0 Å². The number of furan rings is 1. The molecule has 0 bridgehead atoms. The third-order valence-corrected chi connectivity index (χ3v) is 1.70. The minimum atomic E-state index is -0.0845. The monoisotopic (exact) mass is 169 g/mol. The predicted molar refractivity (Wildman–Crippen MR) is 46.9 cm³/mol. The van der Waals surface area contributed by atoms with Crippen molar-refractivity contribution in [3.05, 3.63) is 23.7 Å². The summed E-state index contributed by atoms with van der Waals surface area (Å²) in [5, 5.41) is 0. The smallest absolute Gasteiger partial charge is 0.168 e. The molecule has 0 spiro atoms. The normalized spacial score (nSPS) is 13.8. The summed E-state index contributed by atoms with van der Waals surface area (Å²) in [6.45, 7) is 1.92. The van der Waals surface area contributed by atoms with Crippen molar-refractivity contribution < 1.29 is 9.15 Å². The number of aryl methyl sites for hydroxylation is 1. The molecule has 0 aliphatic rings. The maximum Gasteiger partial charge on any atom is 0.168 e. The first-order chi connectivity index (χ1) is 5.65. The van der Waals surface area contributed by atoms with E-state index in [1.54, 1.807) is 7.11 Å². The van der Waals surface area contributed by atoms with Crippen LogP contribution in [0.3, 0.4) is 0 Å². The second kappa shape index (κ2) is 3.74. The molecule has 0 N–H and O–H groups in total. The highest BCUT2D eigenvalue weighted by Crippen LogP contribution is 2.20. The third-order valence-electron chi connectivity index (χ3n) is 1.70. The van der Waals surface area contributed by atoms with E-state index in [-0.39, 0.29) is 6.23 Å². The van der Waals surface area contributed by atoms with E-state index in [0.29, 0.717) is 0 Å². The Labute approximate surface area is 72.9 Å².